The van der Waals surface area contributed by atoms with E-state index in [-0.39, 0.29) is 5.91 Å². The van der Waals surface area contributed by atoms with Crippen molar-refractivity contribution in [3.05, 3.63) is 84.1 Å². The van der Waals surface area contributed by atoms with Crippen molar-refractivity contribution in [2.45, 2.75) is 6.92 Å². The van der Waals surface area contributed by atoms with E-state index in [0.29, 0.717) is 11.3 Å². The molecule has 0 atom stereocenters. The molecule has 5 heteroatoms. The van der Waals surface area contributed by atoms with Crippen molar-refractivity contribution in [2.24, 2.45) is 0 Å². The molecule has 0 aliphatic carbocycles. The first-order valence-corrected chi connectivity index (χ1v) is 9.75. The molecular weight excluding hydrogens is 368 g/mol. The summed E-state index contributed by atoms with van der Waals surface area (Å²) < 4.78 is 6.81. The van der Waals surface area contributed by atoms with Gasteiger partial charge in [-0.1, -0.05) is 30.3 Å². The molecule has 0 spiro atoms. The molecule has 3 aromatic carbocycles. The quantitative estimate of drug-likeness (QED) is 0.399. The van der Waals surface area contributed by atoms with E-state index in [1.54, 1.807) is 17.4 Å². The molecule has 0 saturated heterocycles. The number of carbonyl (C=O) groups excluding carboxylic acids is 1. The predicted octanol–water partition coefficient (Wildman–Crippen LogP) is 6.27. The lowest BCUT2D eigenvalue weighted by Gasteiger charge is -2.08. The van der Waals surface area contributed by atoms with E-state index >= 15 is 0 Å². The maximum absolute atomic E-state index is 12.6. The molecule has 0 radical (unpaired) electrons. The van der Waals surface area contributed by atoms with Crippen LogP contribution in [0.1, 0.15) is 16.1 Å². The maximum Gasteiger partial charge on any atom is 0.291 e. The van der Waals surface area contributed by atoms with E-state index in [1.165, 1.54) is 0 Å². The minimum atomic E-state index is -0.257. The number of anilines is 1. The van der Waals surface area contributed by atoms with E-state index in [1.807, 2.05) is 67.6 Å². The van der Waals surface area contributed by atoms with Gasteiger partial charge in [-0.05, 0) is 55.0 Å². The summed E-state index contributed by atoms with van der Waals surface area (Å²) in [6.45, 7) is 1.98. The minimum Gasteiger partial charge on any atom is -0.451 e. The first kappa shape index (κ1) is 16.7. The van der Waals surface area contributed by atoms with E-state index < -0.39 is 0 Å². The summed E-state index contributed by atoms with van der Waals surface area (Å²) in [5, 5.41) is 4.83. The van der Waals surface area contributed by atoms with E-state index in [4.69, 9.17) is 9.40 Å². The van der Waals surface area contributed by atoms with Crippen LogP contribution in [0, 0.1) is 6.92 Å². The average Bonchev–Trinajstić information content (AvgIpc) is 3.33. The number of carbonyl (C=O) groups is 1. The Balaban J connectivity index is 1.42. The van der Waals surface area contributed by atoms with E-state index in [2.05, 4.69) is 11.4 Å². The van der Waals surface area contributed by atoms with E-state index in [0.717, 1.165) is 37.4 Å². The summed E-state index contributed by atoms with van der Waals surface area (Å²) in [5.41, 5.74) is 4.48. The van der Waals surface area contributed by atoms with Gasteiger partial charge in [-0.3, -0.25) is 4.79 Å². The number of fused-ring (bicyclic) bond motifs is 2. The van der Waals surface area contributed by atoms with Gasteiger partial charge in [0, 0.05) is 16.6 Å². The molecule has 5 rings (SSSR count). The fourth-order valence-electron chi connectivity index (χ4n) is 3.21. The van der Waals surface area contributed by atoms with Crippen LogP contribution >= 0.6 is 11.3 Å². The number of benzene rings is 3. The third kappa shape index (κ3) is 2.96. The van der Waals surface area contributed by atoms with Crippen molar-refractivity contribution in [3.63, 3.8) is 0 Å². The van der Waals surface area contributed by atoms with E-state index in [9.17, 15) is 4.79 Å². The van der Waals surface area contributed by atoms with Gasteiger partial charge >= 0.3 is 0 Å². The lowest BCUT2D eigenvalue weighted by Crippen LogP contribution is -2.11. The third-order valence-electron chi connectivity index (χ3n) is 4.66. The van der Waals surface area contributed by atoms with Crippen LogP contribution in [0.4, 0.5) is 5.69 Å². The zero-order chi connectivity index (χ0) is 19.1. The summed E-state index contributed by atoms with van der Waals surface area (Å²) in [5.74, 6) is 0.0443. The molecule has 5 aromatic rings. The second-order valence-corrected chi connectivity index (χ2v) is 7.65. The van der Waals surface area contributed by atoms with Crippen LogP contribution in [0.2, 0.25) is 0 Å². The first-order chi connectivity index (χ1) is 13.7. The van der Waals surface area contributed by atoms with Crippen LogP contribution in [0.25, 0.3) is 31.8 Å². The largest absolute Gasteiger partial charge is 0.451 e. The number of aryl methyl sites for hydroxylation is 1. The highest BCUT2D eigenvalue weighted by molar-refractivity contribution is 7.21. The van der Waals surface area contributed by atoms with Gasteiger partial charge in [0.1, 0.15) is 10.6 Å². The van der Waals surface area contributed by atoms with Crippen LogP contribution in [0.5, 0.6) is 0 Å². The highest BCUT2D eigenvalue weighted by atomic mass is 32.1. The van der Waals surface area contributed by atoms with Crippen molar-refractivity contribution in [1.82, 2.24) is 4.98 Å². The van der Waals surface area contributed by atoms with Gasteiger partial charge in [0.05, 0.1) is 10.2 Å². The molecule has 0 aliphatic rings. The Morgan fingerprint density at radius 2 is 1.82 bits per heavy atom. The standard InChI is InChI=1S/C23H16N2O2S/c1-14-12-16(23-25-18-7-3-5-9-21(18)28-23)10-11-17(14)24-22(26)20-13-15-6-2-4-8-19(15)27-20/h2-13H,1H3,(H,24,26). The molecular formula is C23H16N2O2S. The summed E-state index contributed by atoms with van der Waals surface area (Å²) >= 11 is 1.66. The number of hydrogen-bond acceptors (Lipinski definition) is 4. The number of nitrogens with one attached hydrogen (secondary N) is 1. The highest BCUT2D eigenvalue weighted by Crippen LogP contribution is 2.32. The third-order valence-corrected chi connectivity index (χ3v) is 5.75. The van der Waals surface area contributed by atoms with Gasteiger partial charge in [-0.15, -0.1) is 11.3 Å². The van der Waals surface area contributed by atoms with Gasteiger partial charge in [0.25, 0.3) is 5.91 Å². The maximum atomic E-state index is 12.6. The molecule has 0 saturated carbocycles. The first-order valence-electron chi connectivity index (χ1n) is 8.94. The Kier molecular flexibility index (Phi) is 3.95. The van der Waals surface area contributed by atoms with Crippen molar-refractivity contribution < 1.29 is 9.21 Å². The number of para-hydroxylation sites is 2. The lowest BCUT2D eigenvalue weighted by atomic mass is 10.1. The zero-order valence-corrected chi connectivity index (χ0v) is 15.9. The van der Waals surface area contributed by atoms with Crippen molar-refractivity contribution in [1.29, 1.82) is 0 Å². The predicted molar refractivity (Wildman–Crippen MR) is 114 cm³/mol. The number of rotatable bonds is 3. The lowest BCUT2D eigenvalue weighted by molar-refractivity contribution is 0.0998. The highest BCUT2D eigenvalue weighted by Gasteiger charge is 2.14. The van der Waals surface area contributed by atoms with Crippen LogP contribution < -0.4 is 5.32 Å². The summed E-state index contributed by atoms with van der Waals surface area (Å²) in [7, 11) is 0. The van der Waals surface area contributed by atoms with Gasteiger partial charge in [-0.25, -0.2) is 4.98 Å². The van der Waals surface area contributed by atoms with Crippen LogP contribution in [-0.4, -0.2) is 10.9 Å². The Morgan fingerprint density at radius 3 is 2.64 bits per heavy atom. The number of aromatic nitrogens is 1. The second-order valence-electron chi connectivity index (χ2n) is 6.62. The Hall–Kier alpha value is -3.44. The Labute approximate surface area is 165 Å². The SMILES string of the molecule is Cc1cc(-c2nc3ccccc3s2)ccc1NC(=O)c1cc2ccccc2o1. The van der Waals surface area contributed by atoms with Crippen LogP contribution in [0.15, 0.2) is 77.2 Å². The van der Waals surface area contributed by atoms with Gasteiger partial charge < -0.3 is 9.73 Å². The molecule has 2 heterocycles. The summed E-state index contributed by atoms with van der Waals surface area (Å²) in [4.78, 5) is 17.3. The number of thiazole rings is 1. The molecule has 1 amide bonds. The molecule has 4 nitrogen and oxygen atoms in total. The number of hydrogen-bond donors (Lipinski definition) is 1. The normalized spacial score (nSPS) is 11.2. The summed E-state index contributed by atoms with van der Waals surface area (Å²) in [6, 6.07) is 23.4. The Morgan fingerprint density at radius 1 is 1.00 bits per heavy atom. The van der Waals surface area contributed by atoms with Gasteiger partial charge in [0.15, 0.2) is 5.76 Å². The second kappa shape index (κ2) is 6.62. The van der Waals surface area contributed by atoms with Crippen molar-refractivity contribution >= 4 is 44.1 Å². The number of furan rings is 1. The topological polar surface area (TPSA) is 55.1 Å². The fraction of sp³-hybridized carbons (Fsp3) is 0.0435. The number of amides is 1. The molecule has 0 unspecified atom stereocenters. The molecule has 28 heavy (non-hydrogen) atoms. The van der Waals surface area contributed by atoms with Crippen molar-refractivity contribution in [3.8, 4) is 10.6 Å². The summed E-state index contributed by atoms with van der Waals surface area (Å²) in [6.07, 6.45) is 0. The molecule has 0 bridgehead atoms. The Bertz CT molecular complexity index is 1270. The molecule has 0 aliphatic heterocycles. The van der Waals surface area contributed by atoms with Crippen LogP contribution in [-0.2, 0) is 0 Å². The monoisotopic (exact) mass is 384 g/mol. The van der Waals surface area contributed by atoms with Crippen LogP contribution in [0.3, 0.4) is 0 Å². The fourth-order valence-corrected chi connectivity index (χ4v) is 4.17. The van der Waals surface area contributed by atoms with Crippen molar-refractivity contribution in [2.75, 3.05) is 5.32 Å². The molecule has 0 fully saturated rings. The molecule has 1 N–H and O–H groups in total. The molecule has 2 aromatic heterocycles. The minimum absolute atomic E-state index is 0.257. The van der Waals surface area contributed by atoms with Gasteiger partial charge in [0.2, 0.25) is 0 Å². The zero-order valence-electron chi connectivity index (χ0n) is 15.1. The molecule has 136 valence electrons. The van der Waals surface area contributed by atoms with Gasteiger partial charge in [-0.2, -0.15) is 0 Å². The smallest absolute Gasteiger partial charge is 0.291 e. The average molecular weight is 384 g/mol. The number of nitrogens with zero attached hydrogens (tertiary/aromatic N) is 1.